The molecular formula is C13H17BrN2O3. The highest BCUT2D eigenvalue weighted by atomic mass is 79.9. The van der Waals surface area contributed by atoms with E-state index < -0.39 is 4.92 Å². The number of hydrogen-bond acceptors (Lipinski definition) is 3. The molecule has 0 spiro atoms. The van der Waals surface area contributed by atoms with E-state index in [1.807, 2.05) is 0 Å². The van der Waals surface area contributed by atoms with Crippen molar-refractivity contribution in [1.82, 2.24) is 5.32 Å². The molecule has 0 unspecified atom stereocenters. The molecule has 0 bridgehead atoms. The van der Waals surface area contributed by atoms with Gasteiger partial charge in [-0.3, -0.25) is 14.9 Å². The molecule has 5 nitrogen and oxygen atoms in total. The van der Waals surface area contributed by atoms with Crippen molar-refractivity contribution in [2.75, 3.05) is 11.9 Å². The number of nitro groups is 1. The molecule has 0 heterocycles. The molecule has 0 aliphatic heterocycles. The molecule has 0 aliphatic carbocycles. The maximum Gasteiger partial charge on any atom is 0.269 e. The number of nitrogens with one attached hydrogen (secondary N) is 1. The third-order valence-electron chi connectivity index (χ3n) is 2.84. The molecule has 19 heavy (non-hydrogen) atoms. The predicted octanol–water partition coefficient (Wildman–Crippen LogP) is 3.14. The second-order valence-electron chi connectivity index (χ2n) is 5.09. The summed E-state index contributed by atoms with van der Waals surface area (Å²) in [6.07, 6.45) is 0.952. The number of rotatable bonds is 6. The van der Waals surface area contributed by atoms with Crippen molar-refractivity contribution in [2.45, 2.75) is 20.3 Å². The van der Waals surface area contributed by atoms with Gasteiger partial charge in [0, 0.05) is 29.6 Å². The van der Waals surface area contributed by atoms with E-state index in [0.717, 1.165) is 11.8 Å². The monoisotopic (exact) mass is 328 g/mol. The molecule has 1 aromatic rings. The molecule has 1 N–H and O–H groups in total. The first-order chi connectivity index (χ1) is 8.85. The Bertz CT molecular complexity index is 457. The summed E-state index contributed by atoms with van der Waals surface area (Å²) in [5.74, 6) is -0.211. The summed E-state index contributed by atoms with van der Waals surface area (Å²) in [7, 11) is 0. The van der Waals surface area contributed by atoms with Gasteiger partial charge in [-0.05, 0) is 24.0 Å². The summed E-state index contributed by atoms with van der Waals surface area (Å²) >= 11 is 3.38. The normalized spacial score (nSPS) is 11.1. The van der Waals surface area contributed by atoms with Crippen LogP contribution in [0.15, 0.2) is 24.3 Å². The van der Waals surface area contributed by atoms with E-state index in [2.05, 4.69) is 35.1 Å². The van der Waals surface area contributed by atoms with Crippen LogP contribution < -0.4 is 5.32 Å². The molecule has 1 rings (SSSR count). The molecule has 1 amide bonds. The summed E-state index contributed by atoms with van der Waals surface area (Å²) in [5, 5.41) is 14.2. The van der Waals surface area contributed by atoms with Crippen molar-refractivity contribution >= 4 is 27.5 Å². The van der Waals surface area contributed by atoms with Crippen molar-refractivity contribution in [3.8, 4) is 0 Å². The molecule has 0 aromatic heterocycles. The van der Waals surface area contributed by atoms with Crippen LogP contribution in [-0.4, -0.2) is 22.7 Å². The number of alkyl halides is 1. The molecule has 6 heteroatoms. The van der Waals surface area contributed by atoms with Gasteiger partial charge in [0.15, 0.2) is 0 Å². The first-order valence-corrected chi connectivity index (χ1v) is 7.06. The minimum absolute atomic E-state index is 0.0138. The van der Waals surface area contributed by atoms with Crippen LogP contribution in [0.3, 0.4) is 0 Å². The van der Waals surface area contributed by atoms with Gasteiger partial charge in [0.1, 0.15) is 0 Å². The Morgan fingerprint density at radius 2 is 1.95 bits per heavy atom. The molecular weight excluding hydrogens is 312 g/mol. The van der Waals surface area contributed by atoms with Gasteiger partial charge in [0.25, 0.3) is 11.6 Å². The zero-order valence-electron chi connectivity index (χ0n) is 11.0. The van der Waals surface area contributed by atoms with Crippen LogP contribution in [-0.2, 0) is 0 Å². The zero-order valence-corrected chi connectivity index (χ0v) is 12.6. The number of hydrogen-bond donors (Lipinski definition) is 1. The van der Waals surface area contributed by atoms with Crippen LogP contribution in [0.1, 0.15) is 30.6 Å². The van der Waals surface area contributed by atoms with Crippen LogP contribution >= 0.6 is 15.9 Å². The Labute approximate surface area is 120 Å². The lowest BCUT2D eigenvalue weighted by atomic mass is 9.90. The van der Waals surface area contributed by atoms with Crippen molar-refractivity contribution in [3.63, 3.8) is 0 Å². The van der Waals surface area contributed by atoms with E-state index in [1.54, 1.807) is 0 Å². The topological polar surface area (TPSA) is 72.2 Å². The average Bonchev–Trinajstić information content (AvgIpc) is 2.36. The fourth-order valence-corrected chi connectivity index (χ4v) is 2.57. The van der Waals surface area contributed by atoms with E-state index in [1.165, 1.54) is 24.3 Å². The van der Waals surface area contributed by atoms with E-state index in [9.17, 15) is 14.9 Å². The standard InChI is InChI=1S/C13H17BrN2O3/c1-13(2,7-8-14)9-15-12(17)10-3-5-11(6-4-10)16(18)19/h3-6H,7-9H2,1-2H3,(H,15,17). The van der Waals surface area contributed by atoms with Gasteiger partial charge in [-0.25, -0.2) is 0 Å². The lowest BCUT2D eigenvalue weighted by Gasteiger charge is -2.23. The third kappa shape index (κ3) is 4.98. The lowest BCUT2D eigenvalue weighted by Crippen LogP contribution is -2.34. The molecule has 0 saturated heterocycles. The fraction of sp³-hybridized carbons (Fsp3) is 0.462. The highest BCUT2D eigenvalue weighted by molar-refractivity contribution is 9.09. The minimum Gasteiger partial charge on any atom is -0.352 e. The van der Waals surface area contributed by atoms with Gasteiger partial charge in [-0.15, -0.1) is 0 Å². The number of amides is 1. The number of carbonyl (C=O) groups is 1. The van der Waals surface area contributed by atoms with Crippen molar-refractivity contribution in [2.24, 2.45) is 5.41 Å². The van der Waals surface area contributed by atoms with E-state index >= 15 is 0 Å². The van der Waals surface area contributed by atoms with Gasteiger partial charge >= 0.3 is 0 Å². The number of carbonyl (C=O) groups excluding carboxylic acids is 1. The number of benzene rings is 1. The van der Waals surface area contributed by atoms with Crippen LogP contribution in [0.4, 0.5) is 5.69 Å². The third-order valence-corrected chi connectivity index (χ3v) is 3.24. The van der Waals surface area contributed by atoms with Crippen LogP contribution in [0.25, 0.3) is 0 Å². The van der Waals surface area contributed by atoms with Gasteiger partial charge in [0.2, 0.25) is 0 Å². The summed E-state index contributed by atoms with van der Waals surface area (Å²) in [4.78, 5) is 21.9. The van der Waals surface area contributed by atoms with E-state index in [-0.39, 0.29) is 17.0 Å². The van der Waals surface area contributed by atoms with Gasteiger partial charge in [-0.1, -0.05) is 29.8 Å². The van der Waals surface area contributed by atoms with Crippen molar-refractivity contribution in [3.05, 3.63) is 39.9 Å². The molecule has 0 radical (unpaired) electrons. The Morgan fingerprint density at radius 3 is 2.42 bits per heavy atom. The van der Waals surface area contributed by atoms with Gasteiger partial charge in [0.05, 0.1) is 4.92 Å². The van der Waals surface area contributed by atoms with Crippen LogP contribution in [0, 0.1) is 15.5 Å². The minimum atomic E-state index is -0.485. The number of nitrogens with zero attached hydrogens (tertiary/aromatic N) is 1. The molecule has 104 valence electrons. The van der Waals surface area contributed by atoms with Crippen molar-refractivity contribution in [1.29, 1.82) is 0 Å². The molecule has 0 aliphatic rings. The molecule has 0 saturated carbocycles. The van der Waals surface area contributed by atoms with Crippen molar-refractivity contribution < 1.29 is 9.72 Å². The Kier molecular flexibility index (Phi) is 5.47. The number of nitro benzene ring substituents is 1. The lowest BCUT2D eigenvalue weighted by molar-refractivity contribution is -0.384. The first kappa shape index (κ1) is 15.6. The number of non-ortho nitro benzene ring substituents is 1. The van der Waals surface area contributed by atoms with E-state index in [4.69, 9.17) is 0 Å². The Morgan fingerprint density at radius 1 is 1.37 bits per heavy atom. The maximum atomic E-state index is 11.9. The highest BCUT2D eigenvalue weighted by Crippen LogP contribution is 2.20. The maximum absolute atomic E-state index is 11.9. The highest BCUT2D eigenvalue weighted by Gasteiger charge is 2.18. The molecule has 1 aromatic carbocycles. The summed E-state index contributed by atoms with van der Waals surface area (Å²) in [6.45, 7) is 4.71. The van der Waals surface area contributed by atoms with Gasteiger partial charge in [-0.2, -0.15) is 0 Å². The second kappa shape index (κ2) is 6.65. The Balaban J connectivity index is 2.61. The largest absolute Gasteiger partial charge is 0.352 e. The zero-order chi connectivity index (χ0) is 14.5. The van der Waals surface area contributed by atoms with E-state index in [0.29, 0.717) is 12.1 Å². The average molecular weight is 329 g/mol. The summed E-state index contributed by atoms with van der Waals surface area (Å²) in [6, 6.07) is 5.59. The molecule has 0 atom stereocenters. The quantitative estimate of drug-likeness (QED) is 0.495. The summed E-state index contributed by atoms with van der Waals surface area (Å²) < 4.78 is 0. The van der Waals surface area contributed by atoms with Gasteiger partial charge < -0.3 is 5.32 Å². The van der Waals surface area contributed by atoms with Crippen LogP contribution in [0.5, 0.6) is 0 Å². The second-order valence-corrected chi connectivity index (χ2v) is 5.88. The Hall–Kier alpha value is -1.43. The van der Waals surface area contributed by atoms with Crippen LogP contribution in [0.2, 0.25) is 0 Å². The SMILES string of the molecule is CC(C)(CCBr)CNC(=O)c1ccc([N+](=O)[O-])cc1. The smallest absolute Gasteiger partial charge is 0.269 e. The summed E-state index contributed by atoms with van der Waals surface area (Å²) in [5.41, 5.74) is 0.427. The predicted molar refractivity (Wildman–Crippen MR) is 77.6 cm³/mol. The number of halogens is 1. The fourth-order valence-electron chi connectivity index (χ4n) is 1.50. The molecule has 0 fully saturated rings. The first-order valence-electron chi connectivity index (χ1n) is 5.94.